The molecule has 0 N–H and O–H groups in total. The number of hydrogen-bond acceptors (Lipinski definition) is 4. The van der Waals surface area contributed by atoms with Gasteiger partial charge in [0.15, 0.2) is 0 Å². The van der Waals surface area contributed by atoms with Crippen LogP contribution in [0.4, 0.5) is 0 Å². The minimum Gasteiger partial charge on any atom is -0.465 e. The lowest BCUT2D eigenvalue weighted by atomic mass is 10.4. The van der Waals surface area contributed by atoms with Gasteiger partial charge in [0.2, 0.25) is 0 Å². The van der Waals surface area contributed by atoms with Gasteiger partial charge in [-0.1, -0.05) is 6.92 Å². The minimum absolute atomic E-state index is 0.171. The molecular formula is C9H15NO3. The summed E-state index contributed by atoms with van der Waals surface area (Å²) in [4.78, 5) is 10.6. The molecule has 0 spiro atoms. The van der Waals surface area contributed by atoms with Gasteiger partial charge in [0.1, 0.15) is 6.42 Å². The zero-order valence-corrected chi connectivity index (χ0v) is 7.91. The molecule has 0 aromatic heterocycles. The van der Waals surface area contributed by atoms with Crippen molar-refractivity contribution in [3.63, 3.8) is 0 Å². The van der Waals surface area contributed by atoms with Gasteiger partial charge >= 0.3 is 5.97 Å². The summed E-state index contributed by atoms with van der Waals surface area (Å²) >= 11 is 0. The Labute approximate surface area is 78.4 Å². The van der Waals surface area contributed by atoms with Crippen LogP contribution in [0.25, 0.3) is 0 Å². The number of hydrogen-bond donors (Lipinski definition) is 0. The molecule has 0 aliphatic carbocycles. The molecule has 0 atom stereocenters. The molecule has 0 saturated carbocycles. The van der Waals surface area contributed by atoms with Crippen LogP contribution >= 0.6 is 0 Å². The normalized spacial score (nSPS) is 9.23. The summed E-state index contributed by atoms with van der Waals surface area (Å²) in [6, 6.07) is 1.72. The highest BCUT2D eigenvalue weighted by molar-refractivity contribution is 5.71. The molecule has 4 nitrogen and oxygen atoms in total. The highest BCUT2D eigenvalue weighted by Crippen LogP contribution is 1.89. The first-order valence-corrected chi connectivity index (χ1v) is 4.41. The molecule has 0 amide bonds. The first-order chi connectivity index (χ1) is 6.31. The molecule has 74 valence electrons. The van der Waals surface area contributed by atoms with E-state index in [1.807, 2.05) is 6.92 Å². The van der Waals surface area contributed by atoms with E-state index in [2.05, 4.69) is 0 Å². The van der Waals surface area contributed by atoms with Gasteiger partial charge in [-0.25, -0.2) is 0 Å². The van der Waals surface area contributed by atoms with Crippen LogP contribution in [-0.2, 0) is 14.3 Å². The molecule has 0 unspecified atom stereocenters. The third-order valence-electron chi connectivity index (χ3n) is 1.27. The van der Waals surface area contributed by atoms with Crippen LogP contribution in [0.1, 0.15) is 26.2 Å². The summed E-state index contributed by atoms with van der Waals surface area (Å²) in [5.74, 6) is -0.460. The maximum atomic E-state index is 10.6. The molecule has 0 radical (unpaired) electrons. The molecule has 0 aliphatic rings. The summed E-state index contributed by atoms with van der Waals surface area (Å²) < 4.78 is 9.89. The Bertz CT molecular complexity index is 174. The Kier molecular flexibility index (Phi) is 8.26. The lowest BCUT2D eigenvalue weighted by Gasteiger charge is -2.02. The van der Waals surface area contributed by atoms with Gasteiger partial charge in [0, 0.05) is 19.6 Å². The van der Waals surface area contributed by atoms with E-state index in [1.165, 1.54) is 0 Å². The molecule has 0 fully saturated rings. The fourth-order valence-corrected chi connectivity index (χ4v) is 0.709. The highest BCUT2D eigenvalue weighted by atomic mass is 16.5. The number of rotatable bonds is 7. The highest BCUT2D eigenvalue weighted by Gasteiger charge is 1.99. The molecule has 0 saturated heterocycles. The maximum Gasteiger partial charge on any atom is 0.320 e. The Morgan fingerprint density at radius 1 is 1.38 bits per heavy atom. The predicted octanol–water partition coefficient (Wildman–Crippen LogP) is 1.26. The summed E-state index contributed by atoms with van der Waals surface area (Å²) in [6.45, 7) is 3.72. The number of nitrogens with zero attached hydrogens (tertiary/aromatic N) is 1. The first-order valence-electron chi connectivity index (χ1n) is 4.41. The topological polar surface area (TPSA) is 59.3 Å². The molecule has 0 aromatic rings. The van der Waals surface area contributed by atoms with Crippen molar-refractivity contribution in [3.05, 3.63) is 0 Å². The van der Waals surface area contributed by atoms with Crippen LogP contribution in [0.15, 0.2) is 0 Å². The average molecular weight is 185 g/mol. The minimum atomic E-state index is -0.460. The van der Waals surface area contributed by atoms with Gasteiger partial charge in [-0.3, -0.25) is 4.79 Å². The van der Waals surface area contributed by atoms with Gasteiger partial charge in [-0.2, -0.15) is 5.26 Å². The van der Waals surface area contributed by atoms with E-state index in [4.69, 9.17) is 14.7 Å². The van der Waals surface area contributed by atoms with Gasteiger partial charge in [0.05, 0.1) is 12.7 Å². The van der Waals surface area contributed by atoms with E-state index in [-0.39, 0.29) is 6.42 Å². The first kappa shape index (κ1) is 11.9. The van der Waals surface area contributed by atoms with Gasteiger partial charge in [-0.15, -0.1) is 0 Å². The van der Waals surface area contributed by atoms with Gasteiger partial charge in [-0.05, 0) is 6.42 Å². The quantitative estimate of drug-likeness (QED) is 0.442. The third-order valence-corrected chi connectivity index (χ3v) is 1.27. The van der Waals surface area contributed by atoms with Crippen LogP contribution in [0, 0.1) is 11.3 Å². The van der Waals surface area contributed by atoms with E-state index in [0.717, 1.165) is 13.0 Å². The maximum absolute atomic E-state index is 10.6. The third kappa shape index (κ3) is 8.83. The second-order valence-electron chi connectivity index (χ2n) is 2.52. The number of ether oxygens (including phenoxy) is 2. The number of nitriles is 1. The molecule has 4 heteroatoms. The Hall–Kier alpha value is -1.08. The van der Waals surface area contributed by atoms with Crippen molar-refractivity contribution in [2.24, 2.45) is 0 Å². The Morgan fingerprint density at radius 3 is 2.77 bits per heavy atom. The average Bonchev–Trinajstić information content (AvgIpc) is 2.11. The molecule has 0 rings (SSSR count). The Balaban J connectivity index is 3.08. The van der Waals surface area contributed by atoms with Crippen molar-refractivity contribution in [1.82, 2.24) is 0 Å². The summed E-state index contributed by atoms with van der Waals surface area (Å²) in [5, 5.41) is 8.13. The molecule has 0 bridgehead atoms. The summed E-state index contributed by atoms with van der Waals surface area (Å²) in [5.41, 5.74) is 0. The second-order valence-corrected chi connectivity index (χ2v) is 2.52. The fraction of sp³-hybridized carbons (Fsp3) is 0.778. The molecule has 0 aliphatic heterocycles. The van der Waals surface area contributed by atoms with Gasteiger partial charge in [0.25, 0.3) is 0 Å². The monoisotopic (exact) mass is 185 g/mol. The van der Waals surface area contributed by atoms with Crippen molar-refractivity contribution in [3.8, 4) is 6.07 Å². The van der Waals surface area contributed by atoms with Gasteiger partial charge < -0.3 is 9.47 Å². The van der Waals surface area contributed by atoms with Crippen LogP contribution in [-0.4, -0.2) is 25.8 Å². The summed E-state index contributed by atoms with van der Waals surface area (Å²) in [6.07, 6.45) is 1.52. The molecule has 0 aromatic carbocycles. The zero-order chi connectivity index (χ0) is 9.94. The van der Waals surface area contributed by atoms with Crippen molar-refractivity contribution in [1.29, 1.82) is 5.26 Å². The Morgan fingerprint density at radius 2 is 2.15 bits per heavy atom. The van der Waals surface area contributed by atoms with Crippen LogP contribution in [0.3, 0.4) is 0 Å². The van der Waals surface area contributed by atoms with E-state index in [0.29, 0.717) is 19.6 Å². The molecule has 0 heterocycles. The summed E-state index contributed by atoms with van der Waals surface area (Å²) in [7, 11) is 0. The second kappa shape index (κ2) is 9.01. The smallest absolute Gasteiger partial charge is 0.320 e. The number of carbonyl (C=O) groups excluding carboxylic acids is 1. The standard InChI is InChI=1S/C9H15NO3/c1-2-6-12-7-3-8-13-9(11)4-5-10/h2-4,6-8H2,1H3. The van der Waals surface area contributed by atoms with E-state index >= 15 is 0 Å². The van der Waals surface area contributed by atoms with E-state index < -0.39 is 5.97 Å². The predicted molar refractivity (Wildman–Crippen MR) is 46.9 cm³/mol. The largest absolute Gasteiger partial charge is 0.465 e. The van der Waals surface area contributed by atoms with Crippen molar-refractivity contribution in [2.45, 2.75) is 26.2 Å². The van der Waals surface area contributed by atoms with E-state index in [9.17, 15) is 4.79 Å². The van der Waals surface area contributed by atoms with Crippen molar-refractivity contribution in [2.75, 3.05) is 19.8 Å². The van der Waals surface area contributed by atoms with Crippen LogP contribution < -0.4 is 0 Å². The SMILES string of the molecule is CCCOCCCOC(=O)CC#N. The molecular weight excluding hydrogens is 170 g/mol. The lowest BCUT2D eigenvalue weighted by molar-refractivity contribution is -0.142. The zero-order valence-electron chi connectivity index (χ0n) is 7.91. The number of carbonyl (C=O) groups is 1. The van der Waals surface area contributed by atoms with Crippen LogP contribution in [0.2, 0.25) is 0 Å². The van der Waals surface area contributed by atoms with Crippen molar-refractivity contribution < 1.29 is 14.3 Å². The van der Waals surface area contributed by atoms with E-state index in [1.54, 1.807) is 6.07 Å². The van der Waals surface area contributed by atoms with Crippen LogP contribution in [0.5, 0.6) is 0 Å². The lowest BCUT2D eigenvalue weighted by Crippen LogP contribution is -2.07. The molecule has 13 heavy (non-hydrogen) atoms. The van der Waals surface area contributed by atoms with Crippen molar-refractivity contribution >= 4 is 5.97 Å². The fourth-order valence-electron chi connectivity index (χ4n) is 0.709. The number of esters is 1.